The number of rotatable bonds is 4. The van der Waals surface area contributed by atoms with E-state index in [-0.39, 0.29) is 12.1 Å². The molecule has 5 heteroatoms. The van der Waals surface area contributed by atoms with Crippen LogP contribution >= 0.6 is 0 Å². The van der Waals surface area contributed by atoms with Crippen molar-refractivity contribution in [1.29, 1.82) is 0 Å². The molecule has 0 bridgehead atoms. The van der Waals surface area contributed by atoms with Crippen LogP contribution in [0, 0.1) is 5.92 Å². The van der Waals surface area contributed by atoms with Crippen molar-refractivity contribution in [2.45, 2.75) is 69.9 Å². The molecule has 5 nitrogen and oxygen atoms in total. The van der Waals surface area contributed by atoms with Gasteiger partial charge in [-0.1, -0.05) is 19.3 Å². The Kier molecular flexibility index (Phi) is 4.32. The highest BCUT2D eigenvalue weighted by atomic mass is 16.4. The van der Waals surface area contributed by atoms with Gasteiger partial charge in [-0.05, 0) is 44.9 Å². The molecule has 3 N–H and O–H groups in total. The molecule has 0 radical (unpaired) electrons. The van der Waals surface area contributed by atoms with Gasteiger partial charge in [-0.2, -0.15) is 0 Å². The van der Waals surface area contributed by atoms with Crippen molar-refractivity contribution in [3.05, 3.63) is 0 Å². The number of aliphatic carboxylic acids is 1. The van der Waals surface area contributed by atoms with Crippen LogP contribution in [0.3, 0.4) is 0 Å². The fourth-order valence-corrected chi connectivity index (χ4v) is 3.13. The van der Waals surface area contributed by atoms with Gasteiger partial charge in [0.25, 0.3) is 0 Å². The molecule has 2 amide bonds. The Labute approximate surface area is 114 Å². The van der Waals surface area contributed by atoms with Gasteiger partial charge < -0.3 is 15.7 Å². The van der Waals surface area contributed by atoms with Gasteiger partial charge in [-0.3, -0.25) is 0 Å². The third-order valence-electron chi connectivity index (χ3n) is 4.69. The Morgan fingerprint density at radius 3 is 2.26 bits per heavy atom. The molecule has 0 saturated heterocycles. The molecule has 0 heterocycles. The Morgan fingerprint density at radius 2 is 1.79 bits per heavy atom. The lowest BCUT2D eigenvalue weighted by molar-refractivity contribution is -0.148. The molecular weight excluding hydrogens is 244 g/mol. The Balaban J connectivity index is 1.81. The molecule has 0 aromatic rings. The lowest BCUT2D eigenvalue weighted by Crippen LogP contribution is -2.62. The summed E-state index contributed by atoms with van der Waals surface area (Å²) < 4.78 is 0. The second kappa shape index (κ2) is 5.80. The predicted octanol–water partition coefficient (Wildman–Crippen LogP) is 2.26. The van der Waals surface area contributed by atoms with Crippen molar-refractivity contribution in [2.75, 3.05) is 0 Å². The monoisotopic (exact) mass is 268 g/mol. The van der Waals surface area contributed by atoms with E-state index in [0.717, 1.165) is 19.3 Å². The van der Waals surface area contributed by atoms with Crippen molar-refractivity contribution in [3.63, 3.8) is 0 Å². The van der Waals surface area contributed by atoms with Gasteiger partial charge in [0.2, 0.25) is 0 Å². The summed E-state index contributed by atoms with van der Waals surface area (Å²) in [4.78, 5) is 23.1. The molecule has 2 aliphatic carbocycles. The summed E-state index contributed by atoms with van der Waals surface area (Å²) in [6.45, 7) is 2.02. The number of nitrogens with one attached hydrogen (secondary N) is 2. The van der Waals surface area contributed by atoms with Crippen LogP contribution in [-0.2, 0) is 4.79 Å². The Bertz CT molecular complexity index is 347. The molecule has 0 aliphatic heterocycles. The molecule has 2 rings (SSSR count). The van der Waals surface area contributed by atoms with E-state index in [2.05, 4.69) is 10.6 Å². The highest BCUT2D eigenvalue weighted by Crippen LogP contribution is 2.32. The third-order valence-corrected chi connectivity index (χ3v) is 4.69. The van der Waals surface area contributed by atoms with E-state index < -0.39 is 11.5 Å². The highest BCUT2D eigenvalue weighted by molar-refractivity contribution is 5.87. The lowest BCUT2D eigenvalue weighted by atomic mass is 9.77. The van der Waals surface area contributed by atoms with Gasteiger partial charge in [-0.15, -0.1) is 0 Å². The minimum Gasteiger partial charge on any atom is -0.480 e. The molecular formula is C14H24N2O3. The summed E-state index contributed by atoms with van der Waals surface area (Å²) in [5.41, 5.74) is -1.02. The van der Waals surface area contributed by atoms with Gasteiger partial charge in [0.15, 0.2) is 0 Å². The highest BCUT2D eigenvalue weighted by Gasteiger charge is 2.45. The van der Waals surface area contributed by atoms with Crippen molar-refractivity contribution in [2.24, 2.45) is 5.92 Å². The summed E-state index contributed by atoms with van der Waals surface area (Å²) in [5, 5.41) is 14.7. The maximum atomic E-state index is 11.9. The first kappa shape index (κ1) is 14.2. The second-order valence-electron chi connectivity index (χ2n) is 6.03. The molecule has 0 spiro atoms. The maximum absolute atomic E-state index is 11.9. The topological polar surface area (TPSA) is 78.4 Å². The first-order valence-corrected chi connectivity index (χ1v) is 7.35. The number of hydrogen-bond acceptors (Lipinski definition) is 2. The second-order valence-corrected chi connectivity index (χ2v) is 6.03. The van der Waals surface area contributed by atoms with Crippen molar-refractivity contribution >= 4 is 12.0 Å². The molecule has 108 valence electrons. The van der Waals surface area contributed by atoms with Gasteiger partial charge >= 0.3 is 12.0 Å². The fraction of sp³-hybridized carbons (Fsp3) is 0.857. The minimum absolute atomic E-state index is 0.117. The van der Waals surface area contributed by atoms with Crippen molar-refractivity contribution in [1.82, 2.24) is 10.6 Å². The number of urea groups is 1. The van der Waals surface area contributed by atoms with Crippen LogP contribution < -0.4 is 10.6 Å². The Morgan fingerprint density at radius 1 is 1.16 bits per heavy atom. The van der Waals surface area contributed by atoms with E-state index in [9.17, 15) is 14.7 Å². The van der Waals surface area contributed by atoms with Crippen LogP contribution in [-0.4, -0.2) is 28.7 Å². The average molecular weight is 268 g/mol. The number of carbonyl (C=O) groups excluding carboxylic acids is 1. The molecule has 0 aromatic heterocycles. The summed E-state index contributed by atoms with van der Waals surface area (Å²) >= 11 is 0. The maximum Gasteiger partial charge on any atom is 0.329 e. The zero-order valence-corrected chi connectivity index (χ0v) is 11.6. The molecule has 2 aliphatic rings. The van der Waals surface area contributed by atoms with Gasteiger partial charge in [0, 0.05) is 6.04 Å². The summed E-state index contributed by atoms with van der Waals surface area (Å²) in [6, 6.07) is -0.216. The number of amides is 2. The zero-order chi connectivity index (χ0) is 13.9. The van der Waals surface area contributed by atoms with Crippen LogP contribution in [0.25, 0.3) is 0 Å². The number of carbonyl (C=O) groups is 2. The van der Waals surface area contributed by atoms with E-state index >= 15 is 0 Å². The van der Waals surface area contributed by atoms with E-state index in [1.807, 2.05) is 6.92 Å². The summed E-state index contributed by atoms with van der Waals surface area (Å²) in [6.07, 6.45) is 8.01. The van der Waals surface area contributed by atoms with Crippen molar-refractivity contribution in [3.8, 4) is 0 Å². The first-order valence-electron chi connectivity index (χ1n) is 7.35. The van der Waals surface area contributed by atoms with E-state index in [4.69, 9.17) is 0 Å². The average Bonchev–Trinajstić information content (AvgIpc) is 2.34. The number of carboxylic acids is 1. The van der Waals surface area contributed by atoms with E-state index in [0.29, 0.717) is 18.8 Å². The molecule has 2 fully saturated rings. The van der Waals surface area contributed by atoms with Crippen LogP contribution in [0.4, 0.5) is 4.79 Å². The molecule has 0 aromatic carbocycles. The zero-order valence-electron chi connectivity index (χ0n) is 11.6. The molecule has 2 saturated carbocycles. The fourth-order valence-electron chi connectivity index (χ4n) is 3.13. The summed E-state index contributed by atoms with van der Waals surface area (Å²) in [7, 11) is 0. The third kappa shape index (κ3) is 3.19. The minimum atomic E-state index is -1.02. The largest absolute Gasteiger partial charge is 0.480 e. The normalized spacial score (nSPS) is 24.1. The molecule has 1 atom stereocenters. The van der Waals surface area contributed by atoms with Gasteiger partial charge in [0.05, 0.1) is 0 Å². The smallest absolute Gasteiger partial charge is 0.329 e. The quantitative estimate of drug-likeness (QED) is 0.731. The van der Waals surface area contributed by atoms with E-state index in [1.54, 1.807) is 0 Å². The SMILES string of the molecule is CC(NC(=O)NC1(C(=O)O)CCC1)C1CCCCC1. The van der Waals surface area contributed by atoms with Gasteiger partial charge in [0.1, 0.15) is 5.54 Å². The van der Waals surface area contributed by atoms with Crippen LogP contribution in [0.15, 0.2) is 0 Å². The van der Waals surface area contributed by atoms with Gasteiger partial charge in [-0.25, -0.2) is 9.59 Å². The standard InChI is InChI=1S/C14H24N2O3/c1-10(11-6-3-2-4-7-11)15-13(19)16-14(12(17)18)8-5-9-14/h10-11H,2-9H2,1H3,(H,17,18)(H2,15,16,19). The first-order chi connectivity index (χ1) is 9.03. The molecule has 1 unspecified atom stereocenters. The van der Waals surface area contributed by atoms with Crippen LogP contribution in [0.1, 0.15) is 58.3 Å². The van der Waals surface area contributed by atoms with Crippen molar-refractivity contribution < 1.29 is 14.7 Å². The summed E-state index contributed by atoms with van der Waals surface area (Å²) in [5.74, 6) is -0.388. The number of carboxylic acid groups (broad SMARTS) is 1. The van der Waals surface area contributed by atoms with Crippen LogP contribution in [0.5, 0.6) is 0 Å². The molecule has 19 heavy (non-hydrogen) atoms. The Hall–Kier alpha value is -1.26. The van der Waals surface area contributed by atoms with E-state index in [1.165, 1.54) is 19.3 Å². The lowest BCUT2D eigenvalue weighted by Gasteiger charge is -2.39. The van der Waals surface area contributed by atoms with Crippen LogP contribution in [0.2, 0.25) is 0 Å². The number of hydrogen-bond donors (Lipinski definition) is 3. The predicted molar refractivity (Wildman–Crippen MR) is 71.9 cm³/mol.